The highest BCUT2D eigenvalue weighted by Crippen LogP contribution is 2.25. The predicted octanol–water partition coefficient (Wildman–Crippen LogP) is 2.40. The molecule has 0 fully saturated rings. The highest BCUT2D eigenvalue weighted by Gasteiger charge is 2.20. The van der Waals surface area contributed by atoms with Gasteiger partial charge in [-0.3, -0.25) is 4.72 Å². The van der Waals surface area contributed by atoms with Crippen molar-refractivity contribution in [1.29, 1.82) is 0 Å². The normalized spacial score (nSPS) is 11.2. The molecular formula is C10H7BrN2O4S2. The Morgan fingerprint density at radius 1 is 1.47 bits per heavy atom. The van der Waals surface area contributed by atoms with Crippen LogP contribution in [0.15, 0.2) is 38.5 Å². The molecule has 6 nitrogen and oxygen atoms in total. The molecule has 2 heterocycles. The van der Waals surface area contributed by atoms with Gasteiger partial charge in [-0.25, -0.2) is 18.2 Å². The van der Waals surface area contributed by atoms with Crippen LogP contribution in [-0.2, 0) is 10.0 Å². The Hall–Kier alpha value is -1.45. The highest BCUT2D eigenvalue weighted by molar-refractivity contribution is 9.10. The molecule has 2 rings (SSSR count). The molecule has 0 aliphatic rings. The van der Waals surface area contributed by atoms with E-state index in [1.165, 1.54) is 11.6 Å². The number of aromatic carboxylic acids is 1. The maximum atomic E-state index is 12.0. The van der Waals surface area contributed by atoms with E-state index in [2.05, 4.69) is 25.6 Å². The molecule has 19 heavy (non-hydrogen) atoms. The average Bonchev–Trinajstić information content (AvgIpc) is 2.82. The van der Waals surface area contributed by atoms with Crippen LogP contribution < -0.4 is 4.72 Å². The van der Waals surface area contributed by atoms with E-state index in [-0.39, 0.29) is 15.6 Å². The molecule has 0 aromatic carbocycles. The van der Waals surface area contributed by atoms with Crippen molar-refractivity contribution in [1.82, 2.24) is 4.98 Å². The van der Waals surface area contributed by atoms with E-state index in [1.54, 1.807) is 12.1 Å². The predicted molar refractivity (Wildman–Crippen MR) is 74.0 cm³/mol. The van der Waals surface area contributed by atoms with Crippen LogP contribution >= 0.6 is 27.3 Å². The van der Waals surface area contributed by atoms with E-state index in [1.807, 2.05) is 0 Å². The number of anilines is 1. The second-order valence-electron chi connectivity index (χ2n) is 3.40. The van der Waals surface area contributed by atoms with Gasteiger partial charge in [0.25, 0.3) is 10.0 Å². The molecule has 0 unspecified atom stereocenters. The van der Waals surface area contributed by atoms with Crippen molar-refractivity contribution in [3.05, 3.63) is 39.8 Å². The van der Waals surface area contributed by atoms with Crippen molar-refractivity contribution in [3.8, 4) is 0 Å². The van der Waals surface area contributed by atoms with Crippen LogP contribution in [0, 0.1) is 0 Å². The Morgan fingerprint density at radius 2 is 2.21 bits per heavy atom. The van der Waals surface area contributed by atoms with Crippen molar-refractivity contribution >= 4 is 49.1 Å². The second-order valence-corrected chi connectivity index (χ2v) is 7.07. The molecule has 0 aliphatic heterocycles. The minimum atomic E-state index is -3.84. The molecule has 2 aromatic rings. The monoisotopic (exact) mass is 362 g/mol. The lowest BCUT2D eigenvalue weighted by atomic mass is 10.4. The zero-order valence-electron chi connectivity index (χ0n) is 9.20. The number of pyridine rings is 1. The van der Waals surface area contributed by atoms with Gasteiger partial charge in [0.1, 0.15) is 4.21 Å². The number of carboxylic acid groups (broad SMARTS) is 1. The first-order chi connectivity index (χ1) is 8.90. The van der Waals surface area contributed by atoms with Gasteiger partial charge in [0.15, 0.2) is 5.82 Å². The third kappa shape index (κ3) is 3.11. The van der Waals surface area contributed by atoms with Crippen LogP contribution in [0.3, 0.4) is 0 Å². The average molecular weight is 363 g/mol. The first-order valence-electron chi connectivity index (χ1n) is 4.85. The van der Waals surface area contributed by atoms with E-state index < -0.39 is 16.0 Å². The van der Waals surface area contributed by atoms with E-state index >= 15 is 0 Å². The molecule has 0 amide bonds. The number of nitrogens with one attached hydrogen (secondary N) is 1. The quantitative estimate of drug-likeness (QED) is 0.870. The molecule has 0 saturated heterocycles. The molecule has 0 radical (unpaired) electrons. The van der Waals surface area contributed by atoms with Crippen LogP contribution in [0.2, 0.25) is 0 Å². The first kappa shape index (κ1) is 14.0. The lowest BCUT2D eigenvalue weighted by molar-refractivity contribution is 0.0697. The van der Waals surface area contributed by atoms with Crippen molar-refractivity contribution in [3.63, 3.8) is 0 Å². The number of sulfonamides is 1. The highest BCUT2D eigenvalue weighted by atomic mass is 79.9. The summed E-state index contributed by atoms with van der Waals surface area (Å²) in [5.74, 6) is -1.02. The summed E-state index contributed by atoms with van der Waals surface area (Å²) in [6.07, 6.45) is 1.44. The smallest absolute Gasteiger partial charge is 0.336 e. The standard InChI is InChI=1S/C10H7BrN2O4S2/c11-7-2-1-3-12-9(7)13-19(16,17)8-4-6(5-18-8)10(14)15/h1-5H,(H,12,13)(H,14,15). The minimum absolute atomic E-state index is 0.0644. The Balaban J connectivity index is 2.32. The molecule has 9 heteroatoms. The Kier molecular flexibility index (Phi) is 3.88. The molecule has 0 atom stereocenters. The number of hydrogen-bond donors (Lipinski definition) is 2. The number of carboxylic acids is 1. The van der Waals surface area contributed by atoms with Gasteiger partial charge in [0.2, 0.25) is 0 Å². The SMILES string of the molecule is O=C(O)c1csc(S(=O)(=O)Nc2ncccc2Br)c1. The van der Waals surface area contributed by atoms with Gasteiger partial charge in [-0.2, -0.15) is 0 Å². The molecule has 2 N–H and O–H groups in total. The molecule has 100 valence electrons. The third-order valence-electron chi connectivity index (χ3n) is 2.08. The number of aromatic nitrogens is 1. The summed E-state index contributed by atoms with van der Waals surface area (Å²) in [4.78, 5) is 14.6. The molecule has 0 aliphatic carbocycles. The summed E-state index contributed by atoms with van der Waals surface area (Å²) in [5.41, 5.74) is -0.0644. The van der Waals surface area contributed by atoms with Gasteiger partial charge in [-0.1, -0.05) is 0 Å². The van der Waals surface area contributed by atoms with Gasteiger partial charge in [-0.05, 0) is 34.1 Å². The van der Waals surface area contributed by atoms with Crippen molar-refractivity contribution in [2.24, 2.45) is 0 Å². The Labute approximate surface area is 121 Å². The van der Waals surface area contributed by atoms with Crippen molar-refractivity contribution in [2.45, 2.75) is 4.21 Å². The van der Waals surface area contributed by atoms with Gasteiger partial charge >= 0.3 is 5.97 Å². The van der Waals surface area contributed by atoms with Gasteiger partial charge in [0, 0.05) is 11.6 Å². The molecule has 2 aromatic heterocycles. The molecule has 0 spiro atoms. The summed E-state index contributed by atoms with van der Waals surface area (Å²) in [6.45, 7) is 0. The van der Waals surface area contributed by atoms with Gasteiger partial charge in [-0.15, -0.1) is 11.3 Å². The maximum absolute atomic E-state index is 12.0. The molecular weight excluding hydrogens is 356 g/mol. The Morgan fingerprint density at radius 3 is 2.79 bits per heavy atom. The van der Waals surface area contributed by atoms with Crippen LogP contribution in [-0.4, -0.2) is 24.5 Å². The first-order valence-corrected chi connectivity index (χ1v) is 8.01. The van der Waals surface area contributed by atoms with Gasteiger partial charge < -0.3 is 5.11 Å². The molecule has 0 saturated carbocycles. The summed E-state index contributed by atoms with van der Waals surface area (Å²) >= 11 is 4.01. The topological polar surface area (TPSA) is 96.4 Å². The Bertz CT molecular complexity index is 727. The number of hydrogen-bond acceptors (Lipinski definition) is 5. The van der Waals surface area contributed by atoms with Gasteiger partial charge in [0.05, 0.1) is 10.0 Å². The molecule has 0 bridgehead atoms. The van der Waals surface area contributed by atoms with Crippen LogP contribution in [0.1, 0.15) is 10.4 Å². The zero-order valence-corrected chi connectivity index (χ0v) is 12.4. The number of rotatable bonds is 4. The van der Waals surface area contributed by atoms with E-state index in [9.17, 15) is 13.2 Å². The van der Waals surface area contributed by atoms with Crippen molar-refractivity contribution in [2.75, 3.05) is 4.72 Å². The van der Waals surface area contributed by atoms with Crippen LogP contribution in [0.25, 0.3) is 0 Å². The fourth-order valence-corrected chi connectivity index (χ4v) is 3.88. The summed E-state index contributed by atoms with van der Waals surface area (Å²) in [5, 5.41) is 10.0. The van der Waals surface area contributed by atoms with E-state index in [0.717, 1.165) is 17.4 Å². The lowest BCUT2D eigenvalue weighted by Crippen LogP contribution is -2.13. The largest absolute Gasteiger partial charge is 0.478 e. The van der Waals surface area contributed by atoms with Crippen LogP contribution in [0.4, 0.5) is 5.82 Å². The van der Waals surface area contributed by atoms with Crippen LogP contribution in [0.5, 0.6) is 0 Å². The minimum Gasteiger partial charge on any atom is -0.478 e. The van der Waals surface area contributed by atoms with Crippen molar-refractivity contribution < 1.29 is 18.3 Å². The fourth-order valence-electron chi connectivity index (χ4n) is 1.21. The van der Waals surface area contributed by atoms with E-state index in [0.29, 0.717) is 4.47 Å². The summed E-state index contributed by atoms with van der Waals surface area (Å²) in [6, 6.07) is 4.39. The second kappa shape index (κ2) is 5.27. The number of thiophene rings is 1. The fraction of sp³-hybridized carbons (Fsp3) is 0. The maximum Gasteiger partial charge on any atom is 0.336 e. The van der Waals surface area contributed by atoms with E-state index in [4.69, 9.17) is 5.11 Å². The zero-order chi connectivity index (χ0) is 14.0. The number of carbonyl (C=O) groups is 1. The summed E-state index contributed by atoms with van der Waals surface area (Å²) in [7, 11) is -3.84. The number of nitrogens with zero attached hydrogens (tertiary/aromatic N) is 1. The lowest BCUT2D eigenvalue weighted by Gasteiger charge is -2.06. The number of halogens is 1. The third-order valence-corrected chi connectivity index (χ3v) is 5.50. The summed E-state index contributed by atoms with van der Waals surface area (Å²) < 4.78 is 26.8.